The first-order valence-corrected chi connectivity index (χ1v) is 8.88. The van der Waals surface area contributed by atoms with E-state index in [4.69, 9.17) is 5.11 Å². The Balaban J connectivity index is 1.64. The first-order valence-electron chi connectivity index (χ1n) is 8.88. The maximum absolute atomic E-state index is 13.1. The molecule has 0 saturated carbocycles. The number of carboxylic acids is 1. The van der Waals surface area contributed by atoms with Crippen molar-refractivity contribution in [2.24, 2.45) is 0 Å². The van der Waals surface area contributed by atoms with Gasteiger partial charge in [0.2, 0.25) is 5.91 Å². The third-order valence-corrected chi connectivity index (χ3v) is 5.10. The molecule has 0 atom stereocenters. The number of hydrogen-bond donors (Lipinski definition) is 1. The van der Waals surface area contributed by atoms with Crippen LogP contribution in [0, 0.1) is 6.92 Å². The van der Waals surface area contributed by atoms with Crippen LogP contribution >= 0.6 is 0 Å². The highest BCUT2D eigenvalue weighted by atomic mass is 19.4. The Hall–Kier alpha value is -2.84. The van der Waals surface area contributed by atoms with Gasteiger partial charge in [0.1, 0.15) is 5.56 Å². The van der Waals surface area contributed by atoms with Crippen LogP contribution in [0.4, 0.5) is 13.2 Å². The fraction of sp³-hybridized carbons (Fsp3) is 0.421. The molecule has 1 N–H and O–H groups in total. The average molecular weight is 395 g/mol. The lowest BCUT2D eigenvalue weighted by molar-refractivity contribution is -0.138. The van der Waals surface area contributed by atoms with Crippen molar-refractivity contribution in [2.75, 3.05) is 13.1 Å². The average Bonchev–Trinajstić information content (AvgIpc) is 3.03. The van der Waals surface area contributed by atoms with Crippen molar-refractivity contribution in [3.63, 3.8) is 0 Å². The molecule has 0 unspecified atom stereocenters. The molecule has 28 heavy (non-hydrogen) atoms. The molecule has 1 aliphatic heterocycles. The molecule has 1 amide bonds. The van der Waals surface area contributed by atoms with Crippen LogP contribution in [0.25, 0.3) is 0 Å². The lowest BCUT2D eigenvalue weighted by Gasteiger charge is -2.33. The van der Waals surface area contributed by atoms with Gasteiger partial charge in [-0.25, -0.2) is 4.79 Å². The van der Waals surface area contributed by atoms with E-state index in [2.05, 4.69) is 5.10 Å². The zero-order valence-electron chi connectivity index (χ0n) is 15.2. The minimum absolute atomic E-state index is 0.0313. The van der Waals surface area contributed by atoms with Crippen LogP contribution in [0.2, 0.25) is 0 Å². The Morgan fingerprint density at radius 2 is 1.86 bits per heavy atom. The topological polar surface area (TPSA) is 75.4 Å². The fourth-order valence-corrected chi connectivity index (χ4v) is 3.59. The molecule has 1 saturated heterocycles. The van der Waals surface area contributed by atoms with E-state index in [-0.39, 0.29) is 29.5 Å². The molecule has 6 nitrogen and oxygen atoms in total. The molecule has 1 fully saturated rings. The highest BCUT2D eigenvalue weighted by molar-refractivity contribution is 5.88. The second-order valence-electron chi connectivity index (χ2n) is 6.84. The van der Waals surface area contributed by atoms with Gasteiger partial charge in [-0.15, -0.1) is 0 Å². The minimum atomic E-state index is -4.50. The standard InChI is InChI=1S/C19H20F3N3O3/c1-12-15(18(27)28)11-23-25(12)14-6-8-24(9-7-14)17(26)10-13-4-2-3-5-16(13)19(20,21)22/h2-5,11,14H,6-10H2,1H3,(H,27,28). The molecule has 1 aromatic heterocycles. The summed E-state index contributed by atoms with van der Waals surface area (Å²) in [6.45, 7) is 2.46. The summed E-state index contributed by atoms with van der Waals surface area (Å²) in [5.41, 5.74) is -0.124. The maximum atomic E-state index is 13.1. The fourth-order valence-electron chi connectivity index (χ4n) is 3.59. The van der Waals surface area contributed by atoms with Crippen molar-refractivity contribution in [1.29, 1.82) is 0 Å². The van der Waals surface area contributed by atoms with Crippen molar-refractivity contribution in [3.8, 4) is 0 Å². The summed E-state index contributed by atoms with van der Waals surface area (Å²) in [6, 6.07) is 5.06. The molecule has 2 heterocycles. The van der Waals surface area contributed by atoms with Gasteiger partial charge in [0.15, 0.2) is 0 Å². The zero-order chi connectivity index (χ0) is 20.5. The minimum Gasteiger partial charge on any atom is -0.478 e. The van der Waals surface area contributed by atoms with Crippen LogP contribution < -0.4 is 0 Å². The predicted octanol–water partition coefficient (Wildman–Crippen LogP) is 3.31. The van der Waals surface area contributed by atoms with Crippen molar-refractivity contribution >= 4 is 11.9 Å². The quantitative estimate of drug-likeness (QED) is 0.862. The summed E-state index contributed by atoms with van der Waals surface area (Å²) < 4.78 is 41.0. The Morgan fingerprint density at radius 3 is 2.43 bits per heavy atom. The Bertz CT molecular complexity index is 884. The van der Waals surface area contributed by atoms with Gasteiger partial charge in [-0.3, -0.25) is 9.48 Å². The number of nitrogens with zero attached hydrogens (tertiary/aromatic N) is 3. The van der Waals surface area contributed by atoms with Crippen LogP contribution in [-0.4, -0.2) is 44.8 Å². The van der Waals surface area contributed by atoms with Gasteiger partial charge in [-0.05, 0) is 31.4 Å². The Labute approximate surface area is 159 Å². The van der Waals surface area contributed by atoms with E-state index < -0.39 is 17.7 Å². The summed E-state index contributed by atoms with van der Waals surface area (Å²) in [7, 11) is 0. The predicted molar refractivity (Wildman–Crippen MR) is 93.9 cm³/mol. The number of carboxylic acid groups (broad SMARTS) is 1. The van der Waals surface area contributed by atoms with Gasteiger partial charge in [-0.1, -0.05) is 18.2 Å². The second-order valence-corrected chi connectivity index (χ2v) is 6.84. The molecule has 9 heteroatoms. The molecule has 0 radical (unpaired) electrons. The number of benzene rings is 1. The molecule has 2 aromatic rings. The van der Waals surface area contributed by atoms with E-state index >= 15 is 0 Å². The number of rotatable bonds is 4. The van der Waals surface area contributed by atoms with Gasteiger partial charge >= 0.3 is 12.1 Å². The van der Waals surface area contributed by atoms with Crippen LogP contribution in [0.15, 0.2) is 30.5 Å². The van der Waals surface area contributed by atoms with Crippen LogP contribution in [0.5, 0.6) is 0 Å². The highest BCUT2D eigenvalue weighted by Crippen LogP contribution is 2.32. The van der Waals surface area contributed by atoms with Crippen LogP contribution in [0.3, 0.4) is 0 Å². The van der Waals surface area contributed by atoms with E-state index in [1.54, 1.807) is 16.5 Å². The van der Waals surface area contributed by atoms with E-state index in [0.717, 1.165) is 6.07 Å². The van der Waals surface area contributed by atoms with Gasteiger partial charge in [0.25, 0.3) is 0 Å². The second kappa shape index (κ2) is 7.65. The number of hydrogen-bond acceptors (Lipinski definition) is 3. The summed E-state index contributed by atoms with van der Waals surface area (Å²) >= 11 is 0. The SMILES string of the molecule is Cc1c(C(=O)O)cnn1C1CCN(C(=O)Cc2ccccc2C(F)(F)F)CC1. The van der Waals surface area contributed by atoms with Gasteiger partial charge < -0.3 is 10.0 Å². The summed E-state index contributed by atoms with van der Waals surface area (Å²) in [5.74, 6) is -1.39. The largest absolute Gasteiger partial charge is 0.478 e. The summed E-state index contributed by atoms with van der Waals surface area (Å²) in [6.07, 6.45) is -2.36. The van der Waals surface area contributed by atoms with Crippen molar-refractivity contribution in [2.45, 2.75) is 38.4 Å². The zero-order valence-corrected chi connectivity index (χ0v) is 15.2. The Morgan fingerprint density at radius 1 is 1.21 bits per heavy atom. The number of aromatic carboxylic acids is 1. The number of alkyl halides is 3. The molecule has 0 bridgehead atoms. The van der Waals surface area contributed by atoms with E-state index in [1.807, 2.05) is 0 Å². The van der Waals surface area contributed by atoms with E-state index in [9.17, 15) is 22.8 Å². The third-order valence-electron chi connectivity index (χ3n) is 5.10. The molecule has 3 rings (SSSR count). The van der Waals surface area contributed by atoms with Crippen LogP contribution in [0.1, 0.15) is 46.1 Å². The first-order chi connectivity index (χ1) is 13.2. The monoisotopic (exact) mass is 395 g/mol. The molecule has 1 aromatic carbocycles. The molecule has 0 spiro atoms. The lowest BCUT2D eigenvalue weighted by atomic mass is 10.0. The summed E-state index contributed by atoms with van der Waals surface area (Å²) in [4.78, 5) is 25.2. The number of aromatic nitrogens is 2. The van der Waals surface area contributed by atoms with Gasteiger partial charge in [0.05, 0.1) is 29.9 Å². The summed E-state index contributed by atoms with van der Waals surface area (Å²) in [5, 5.41) is 13.3. The van der Waals surface area contributed by atoms with Gasteiger partial charge in [0, 0.05) is 13.1 Å². The molecule has 1 aliphatic rings. The van der Waals surface area contributed by atoms with Crippen molar-refractivity contribution < 1.29 is 27.9 Å². The maximum Gasteiger partial charge on any atom is 0.416 e. The third kappa shape index (κ3) is 4.02. The van der Waals surface area contributed by atoms with Gasteiger partial charge in [-0.2, -0.15) is 18.3 Å². The molecular weight excluding hydrogens is 375 g/mol. The van der Waals surface area contributed by atoms with Crippen LogP contribution in [-0.2, 0) is 17.4 Å². The number of carbonyl (C=O) groups excluding carboxylic acids is 1. The van der Waals surface area contributed by atoms with E-state index in [1.165, 1.54) is 24.4 Å². The number of amides is 1. The normalized spacial score (nSPS) is 15.6. The number of carbonyl (C=O) groups is 2. The molecular formula is C19H20F3N3O3. The van der Waals surface area contributed by atoms with Crippen molar-refractivity contribution in [3.05, 3.63) is 52.8 Å². The molecule has 150 valence electrons. The van der Waals surface area contributed by atoms with Crippen molar-refractivity contribution in [1.82, 2.24) is 14.7 Å². The first kappa shape index (κ1) is 19.9. The number of likely N-dealkylation sites (tertiary alicyclic amines) is 1. The number of halogens is 3. The Kier molecular flexibility index (Phi) is 5.44. The highest BCUT2D eigenvalue weighted by Gasteiger charge is 2.34. The molecule has 0 aliphatic carbocycles. The number of piperidine rings is 1. The lowest BCUT2D eigenvalue weighted by Crippen LogP contribution is -2.40. The van der Waals surface area contributed by atoms with E-state index in [0.29, 0.717) is 31.6 Å². The smallest absolute Gasteiger partial charge is 0.416 e.